The van der Waals surface area contributed by atoms with Crippen LogP contribution in [0.5, 0.6) is 0 Å². The van der Waals surface area contributed by atoms with Crippen molar-refractivity contribution < 1.29 is 4.48 Å². The molecule has 172 valence electrons. The number of nitrogens with zero attached hydrogens (tertiary/aromatic N) is 1. The molecule has 0 bridgehead atoms. The fourth-order valence-electron chi connectivity index (χ4n) is 4.34. The maximum absolute atomic E-state index is 4.11. The van der Waals surface area contributed by atoms with Gasteiger partial charge in [-0.15, -0.1) is 0 Å². The molecular weight excluding hydrogens is 362 g/mol. The van der Waals surface area contributed by atoms with Crippen LogP contribution in [0.15, 0.2) is 43.1 Å². The summed E-state index contributed by atoms with van der Waals surface area (Å²) < 4.78 is 0.994. The first-order valence-corrected chi connectivity index (χ1v) is 13.2. The van der Waals surface area contributed by atoms with Gasteiger partial charge in [-0.05, 0) is 25.0 Å². The van der Waals surface area contributed by atoms with Crippen LogP contribution in [0.2, 0.25) is 0 Å². The maximum atomic E-state index is 4.11. The molecule has 0 amide bonds. The van der Waals surface area contributed by atoms with Crippen LogP contribution < -0.4 is 0 Å². The lowest BCUT2D eigenvalue weighted by Crippen LogP contribution is -2.40. The molecule has 0 aromatic heterocycles. The summed E-state index contributed by atoms with van der Waals surface area (Å²) in [4.78, 5) is 0. The van der Waals surface area contributed by atoms with Gasteiger partial charge in [-0.3, -0.25) is 4.48 Å². The van der Waals surface area contributed by atoms with E-state index in [1.165, 1.54) is 115 Å². The molecule has 1 atom stereocenters. The zero-order valence-electron chi connectivity index (χ0n) is 20.6. The highest BCUT2D eigenvalue weighted by atomic mass is 15.3. The Morgan fingerprint density at radius 3 is 1.50 bits per heavy atom. The highest BCUT2D eigenvalue weighted by Gasteiger charge is 2.16. The lowest BCUT2D eigenvalue weighted by atomic mass is 10.0. The summed E-state index contributed by atoms with van der Waals surface area (Å²) in [6, 6.07) is 10.9. The molecule has 0 saturated heterocycles. The molecule has 1 nitrogen and oxygen atoms in total. The first-order chi connectivity index (χ1) is 14.7. The van der Waals surface area contributed by atoms with Crippen LogP contribution in [0, 0.1) is 0 Å². The lowest BCUT2D eigenvalue weighted by Gasteiger charge is -2.30. The number of benzene rings is 1. The Balaban J connectivity index is 1.89. The molecule has 0 aliphatic heterocycles. The molecule has 0 fully saturated rings. The fraction of sp³-hybridized carbons (Fsp3) is 0.724. The summed E-state index contributed by atoms with van der Waals surface area (Å²) >= 11 is 0. The van der Waals surface area contributed by atoms with Crippen molar-refractivity contribution in [3.63, 3.8) is 0 Å². The van der Waals surface area contributed by atoms with E-state index in [1.807, 2.05) is 0 Å². The van der Waals surface area contributed by atoms with Gasteiger partial charge in [0.15, 0.2) is 0 Å². The minimum Gasteiger partial charge on any atom is -0.300 e. The summed E-state index contributed by atoms with van der Waals surface area (Å²) in [6.45, 7) is 8.80. The molecule has 30 heavy (non-hydrogen) atoms. The fourth-order valence-corrected chi connectivity index (χ4v) is 4.34. The Morgan fingerprint density at radius 1 is 0.633 bits per heavy atom. The van der Waals surface area contributed by atoms with E-state index in [9.17, 15) is 0 Å². The summed E-state index contributed by atoms with van der Waals surface area (Å²) in [5.41, 5.74) is 1.44. The molecular formula is C29H52N+. The van der Waals surface area contributed by atoms with Gasteiger partial charge >= 0.3 is 0 Å². The first-order valence-electron chi connectivity index (χ1n) is 13.2. The third-order valence-corrected chi connectivity index (χ3v) is 6.72. The minimum absolute atomic E-state index is 0.994. The summed E-state index contributed by atoms with van der Waals surface area (Å²) in [5.74, 6) is 0. The Hall–Kier alpha value is -1.08. The standard InChI is InChI=1S/C29H52N/c1-4-6-7-8-9-10-11-12-13-14-15-16-17-18-19-23-27-30(3,5-2)28-26-29-24-21-20-22-25-29/h5,20-22,24-25H,2,4,6-19,23,26-28H2,1,3H3/q+1. The van der Waals surface area contributed by atoms with E-state index in [0.29, 0.717) is 0 Å². The van der Waals surface area contributed by atoms with Crippen molar-refractivity contribution in [2.75, 3.05) is 20.1 Å². The topological polar surface area (TPSA) is 0 Å². The van der Waals surface area contributed by atoms with E-state index in [2.05, 4.69) is 57.1 Å². The molecule has 0 saturated carbocycles. The van der Waals surface area contributed by atoms with Crippen LogP contribution in [0.4, 0.5) is 0 Å². The maximum Gasteiger partial charge on any atom is 0.0883 e. The SMILES string of the molecule is C=C[N+](C)(CCCCCCCCCCCCCCCCCC)CCc1ccccc1. The Labute approximate surface area is 189 Å². The van der Waals surface area contributed by atoms with Crippen LogP contribution >= 0.6 is 0 Å². The van der Waals surface area contributed by atoms with Crippen LogP contribution in [0.1, 0.15) is 115 Å². The second kappa shape index (κ2) is 18.7. The smallest absolute Gasteiger partial charge is 0.0883 e. The number of hydrogen-bond donors (Lipinski definition) is 0. The van der Waals surface area contributed by atoms with Crippen molar-refractivity contribution in [3.8, 4) is 0 Å². The highest BCUT2D eigenvalue weighted by Crippen LogP contribution is 2.15. The van der Waals surface area contributed by atoms with E-state index >= 15 is 0 Å². The van der Waals surface area contributed by atoms with Gasteiger partial charge in [0, 0.05) is 6.42 Å². The second-order valence-electron chi connectivity index (χ2n) is 9.65. The van der Waals surface area contributed by atoms with Crippen molar-refractivity contribution in [2.24, 2.45) is 0 Å². The molecule has 0 N–H and O–H groups in total. The highest BCUT2D eigenvalue weighted by molar-refractivity contribution is 5.14. The average Bonchev–Trinajstić information content (AvgIpc) is 2.78. The van der Waals surface area contributed by atoms with Crippen molar-refractivity contribution >= 4 is 0 Å². The molecule has 1 heteroatoms. The quantitative estimate of drug-likeness (QED) is 0.139. The largest absolute Gasteiger partial charge is 0.300 e. The molecule has 0 radical (unpaired) electrons. The molecule has 1 aromatic rings. The molecule has 1 unspecified atom stereocenters. The number of unbranched alkanes of at least 4 members (excludes halogenated alkanes) is 15. The average molecular weight is 415 g/mol. The van der Waals surface area contributed by atoms with Crippen LogP contribution in [0.3, 0.4) is 0 Å². The van der Waals surface area contributed by atoms with Gasteiger partial charge < -0.3 is 0 Å². The van der Waals surface area contributed by atoms with E-state index in [4.69, 9.17) is 0 Å². The van der Waals surface area contributed by atoms with Gasteiger partial charge in [-0.1, -0.05) is 127 Å². The first kappa shape index (κ1) is 27.0. The predicted molar refractivity (Wildman–Crippen MR) is 136 cm³/mol. The van der Waals surface area contributed by atoms with Gasteiger partial charge in [0.25, 0.3) is 0 Å². The van der Waals surface area contributed by atoms with Gasteiger partial charge in [0.2, 0.25) is 0 Å². The number of quaternary nitrogens is 1. The van der Waals surface area contributed by atoms with Crippen molar-refractivity contribution in [1.82, 2.24) is 0 Å². The summed E-state index contributed by atoms with van der Waals surface area (Å²) in [7, 11) is 2.33. The third kappa shape index (κ3) is 14.8. The predicted octanol–water partition coefficient (Wildman–Crippen LogP) is 9.08. The minimum atomic E-state index is 0.994. The molecule has 0 aliphatic carbocycles. The third-order valence-electron chi connectivity index (χ3n) is 6.72. The van der Waals surface area contributed by atoms with Crippen molar-refractivity contribution in [1.29, 1.82) is 0 Å². The van der Waals surface area contributed by atoms with Crippen LogP contribution in [-0.4, -0.2) is 24.6 Å². The van der Waals surface area contributed by atoms with Crippen molar-refractivity contribution in [2.45, 2.75) is 116 Å². The number of likely N-dealkylation sites (N-methyl/N-ethyl adjacent to an activating group) is 1. The molecule has 1 aromatic carbocycles. The van der Waals surface area contributed by atoms with E-state index < -0.39 is 0 Å². The van der Waals surface area contributed by atoms with Gasteiger partial charge in [-0.2, -0.15) is 0 Å². The Bertz CT molecular complexity index is 494. The number of hydrogen-bond acceptors (Lipinski definition) is 0. The monoisotopic (exact) mass is 414 g/mol. The second-order valence-corrected chi connectivity index (χ2v) is 9.65. The zero-order valence-corrected chi connectivity index (χ0v) is 20.6. The van der Waals surface area contributed by atoms with Gasteiger partial charge in [-0.25, -0.2) is 0 Å². The van der Waals surface area contributed by atoms with E-state index in [1.54, 1.807) is 0 Å². The normalized spacial score (nSPS) is 13.3. The zero-order chi connectivity index (χ0) is 21.8. The molecule has 0 heterocycles. The lowest BCUT2D eigenvalue weighted by molar-refractivity contribution is -0.859. The van der Waals surface area contributed by atoms with Crippen LogP contribution in [0.25, 0.3) is 0 Å². The van der Waals surface area contributed by atoms with Crippen molar-refractivity contribution in [3.05, 3.63) is 48.7 Å². The van der Waals surface area contributed by atoms with Gasteiger partial charge in [0.05, 0.1) is 26.3 Å². The van der Waals surface area contributed by atoms with Gasteiger partial charge in [0.1, 0.15) is 0 Å². The molecule has 0 aliphatic rings. The number of rotatable bonds is 21. The van der Waals surface area contributed by atoms with E-state index in [0.717, 1.165) is 17.4 Å². The Kier molecular flexibility index (Phi) is 16.8. The molecule has 0 spiro atoms. The van der Waals surface area contributed by atoms with E-state index in [-0.39, 0.29) is 0 Å². The molecule has 1 rings (SSSR count). The Morgan fingerprint density at radius 2 is 1.07 bits per heavy atom. The summed E-state index contributed by atoms with van der Waals surface area (Å²) in [6.07, 6.45) is 26.2. The summed E-state index contributed by atoms with van der Waals surface area (Å²) in [5, 5.41) is 0. The van der Waals surface area contributed by atoms with Crippen LogP contribution in [-0.2, 0) is 6.42 Å².